The molecule has 1 heterocycles. The minimum atomic E-state index is -4.86. The van der Waals surface area contributed by atoms with Gasteiger partial charge in [0.15, 0.2) is 5.75 Å². The topological polar surface area (TPSA) is 75.3 Å². The lowest BCUT2D eigenvalue weighted by Crippen LogP contribution is -2.38. The molecule has 0 amide bonds. The maximum absolute atomic E-state index is 13.1. The monoisotopic (exact) mass is 459 g/mol. The van der Waals surface area contributed by atoms with Crippen molar-refractivity contribution in [3.05, 3.63) is 41.7 Å². The summed E-state index contributed by atoms with van der Waals surface area (Å²) in [5.74, 6) is -1.50. The second kappa shape index (κ2) is 8.72. The van der Waals surface area contributed by atoms with Crippen molar-refractivity contribution in [3.63, 3.8) is 0 Å². The first-order valence-corrected chi connectivity index (χ1v) is 11.8. The van der Waals surface area contributed by atoms with E-state index in [4.69, 9.17) is 4.74 Å². The number of sulfonamides is 1. The molecule has 1 aromatic heterocycles. The van der Waals surface area contributed by atoms with Crippen LogP contribution in [-0.2, 0) is 22.0 Å². The molecule has 1 aliphatic rings. The molecule has 0 unspecified atom stereocenters. The highest BCUT2D eigenvalue weighted by Gasteiger charge is 2.39. The molecule has 172 valence electrons. The summed E-state index contributed by atoms with van der Waals surface area (Å²) in [5.41, 5.74) is 0.915. The summed E-state index contributed by atoms with van der Waals surface area (Å²) >= 11 is 0. The Hall–Kier alpha value is -2.23. The number of halogens is 3. The number of aromatic amines is 1. The largest absolute Gasteiger partial charge is 0.490 e. The molecule has 1 aliphatic carbocycles. The van der Waals surface area contributed by atoms with E-state index >= 15 is 0 Å². The molecule has 1 N–H and O–H groups in total. The van der Waals surface area contributed by atoms with Crippen molar-refractivity contribution < 1.29 is 26.3 Å². The molecule has 3 rings (SSSR count). The first-order valence-electron chi connectivity index (χ1n) is 10.2. The van der Waals surface area contributed by atoms with Crippen LogP contribution in [0.1, 0.15) is 57.7 Å². The summed E-state index contributed by atoms with van der Waals surface area (Å²) in [6.07, 6.45) is 0.568. The second-order valence-corrected chi connectivity index (χ2v) is 10.8. The zero-order valence-corrected chi connectivity index (χ0v) is 18.7. The lowest BCUT2D eigenvalue weighted by molar-refractivity contribution is -0.106. The minimum Gasteiger partial charge on any atom is -0.490 e. The van der Waals surface area contributed by atoms with Crippen molar-refractivity contribution in [3.8, 4) is 5.75 Å². The molecule has 1 fully saturated rings. The van der Waals surface area contributed by atoms with Gasteiger partial charge in [-0.1, -0.05) is 26.8 Å². The summed E-state index contributed by atoms with van der Waals surface area (Å²) < 4.78 is 71.6. The SMILES string of the molecule is CC(C)(C)c1[nH]ncc1CN(c1cccc(OC2CCCC2)c1)S(=O)(=O)CC(F)(F)F. The van der Waals surface area contributed by atoms with Crippen molar-refractivity contribution in [2.45, 2.75) is 70.7 Å². The summed E-state index contributed by atoms with van der Waals surface area (Å²) in [6.45, 7) is 5.46. The first-order chi connectivity index (χ1) is 14.4. The third-order valence-electron chi connectivity index (χ3n) is 5.17. The molecule has 1 saturated carbocycles. The average Bonchev–Trinajstić information content (AvgIpc) is 3.28. The molecule has 0 spiro atoms. The third-order valence-corrected chi connectivity index (χ3v) is 6.88. The Morgan fingerprint density at radius 2 is 1.87 bits per heavy atom. The molecule has 0 atom stereocenters. The molecule has 0 aliphatic heterocycles. The predicted octanol–water partition coefficient (Wildman–Crippen LogP) is 4.93. The van der Waals surface area contributed by atoms with Gasteiger partial charge in [-0.15, -0.1) is 0 Å². The van der Waals surface area contributed by atoms with Gasteiger partial charge in [-0.3, -0.25) is 9.40 Å². The minimum absolute atomic E-state index is 0.0387. The quantitative estimate of drug-likeness (QED) is 0.637. The first kappa shape index (κ1) is 23.4. The molecule has 0 bridgehead atoms. The highest BCUT2D eigenvalue weighted by Crippen LogP contribution is 2.32. The fourth-order valence-corrected chi connectivity index (χ4v) is 5.12. The fourth-order valence-electron chi connectivity index (χ4n) is 3.78. The maximum Gasteiger partial charge on any atom is 0.404 e. The lowest BCUT2D eigenvalue weighted by atomic mass is 9.89. The number of nitrogens with one attached hydrogen (secondary N) is 1. The maximum atomic E-state index is 13.1. The van der Waals surface area contributed by atoms with Gasteiger partial charge in [-0.05, 0) is 37.8 Å². The number of ether oxygens (including phenoxy) is 1. The Morgan fingerprint density at radius 1 is 1.19 bits per heavy atom. The van der Waals surface area contributed by atoms with Crippen LogP contribution in [0.5, 0.6) is 5.75 Å². The van der Waals surface area contributed by atoms with Crippen LogP contribution in [0.2, 0.25) is 0 Å². The molecule has 0 radical (unpaired) electrons. The molecule has 2 aromatic rings. The Balaban J connectivity index is 1.98. The zero-order chi connectivity index (χ0) is 22.9. The Labute approximate surface area is 180 Å². The number of alkyl halides is 3. The number of nitrogens with zero attached hydrogens (tertiary/aromatic N) is 2. The Morgan fingerprint density at radius 3 is 2.48 bits per heavy atom. The molecule has 10 heteroatoms. The van der Waals surface area contributed by atoms with Crippen LogP contribution in [0, 0.1) is 0 Å². The number of hydrogen-bond acceptors (Lipinski definition) is 4. The molecule has 1 aromatic carbocycles. The van der Waals surface area contributed by atoms with E-state index in [2.05, 4.69) is 10.2 Å². The Bertz CT molecular complexity index is 991. The average molecular weight is 460 g/mol. The predicted molar refractivity (Wildman–Crippen MR) is 113 cm³/mol. The number of rotatable bonds is 7. The summed E-state index contributed by atoms with van der Waals surface area (Å²) in [7, 11) is -4.70. The highest BCUT2D eigenvalue weighted by molar-refractivity contribution is 7.92. The molecular formula is C21H28F3N3O3S. The van der Waals surface area contributed by atoms with Crippen LogP contribution < -0.4 is 9.04 Å². The van der Waals surface area contributed by atoms with E-state index in [9.17, 15) is 21.6 Å². The summed E-state index contributed by atoms with van der Waals surface area (Å²) in [5, 5.41) is 6.83. The van der Waals surface area contributed by atoms with Gasteiger partial charge in [-0.25, -0.2) is 8.42 Å². The molecular weight excluding hydrogens is 431 g/mol. The van der Waals surface area contributed by atoms with Gasteiger partial charge in [0.05, 0.1) is 24.5 Å². The summed E-state index contributed by atoms with van der Waals surface area (Å²) in [6, 6.07) is 6.25. The van der Waals surface area contributed by atoms with Gasteiger partial charge >= 0.3 is 6.18 Å². The van der Waals surface area contributed by atoms with Crippen LogP contribution in [-0.4, -0.2) is 36.6 Å². The van der Waals surface area contributed by atoms with E-state index in [0.717, 1.165) is 30.0 Å². The van der Waals surface area contributed by atoms with E-state index < -0.39 is 27.4 Å². The smallest absolute Gasteiger partial charge is 0.404 e. The van der Waals surface area contributed by atoms with E-state index in [1.54, 1.807) is 12.1 Å². The summed E-state index contributed by atoms with van der Waals surface area (Å²) in [4.78, 5) is 0. The number of H-pyrrole nitrogens is 1. The lowest BCUT2D eigenvalue weighted by Gasteiger charge is -2.27. The van der Waals surface area contributed by atoms with Crippen molar-refractivity contribution in [2.75, 3.05) is 10.1 Å². The van der Waals surface area contributed by atoms with Crippen molar-refractivity contribution in [1.29, 1.82) is 0 Å². The van der Waals surface area contributed by atoms with Gasteiger partial charge in [0.25, 0.3) is 0 Å². The van der Waals surface area contributed by atoms with Crippen molar-refractivity contribution >= 4 is 15.7 Å². The number of hydrogen-bond donors (Lipinski definition) is 1. The van der Waals surface area contributed by atoms with E-state index in [1.165, 1.54) is 18.3 Å². The number of aromatic nitrogens is 2. The van der Waals surface area contributed by atoms with Crippen LogP contribution in [0.25, 0.3) is 0 Å². The van der Waals surface area contributed by atoms with E-state index in [1.807, 2.05) is 20.8 Å². The second-order valence-electron chi connectivity index (χ2n) is 8.92. The molecule has 0 saturated heterocycles. The van der Waals surface area contributed by atoms with Crippen LogP contribution in [0.15, 0.2) is 30.5 Å². The number of benzene rings is 1. The standard InChI is InChI=1S/C21H28F3N3O3S/c1-20(2,3)19-15(12-25-26-19)13-27(31(28,29)14-21(22,23)24)16-7-6-10-18(11-16)30-17-8-4-5-9-17/h6-7,10-12,17H,4-5,8-9,13-14H2,1-3H3,(H,25,26). The van der Waals surface area contributed by atoms with Gasteiger partial charge in [-0.2, -0.15) is 18.3 Å². The van der Waals surface area contributed by atoms with Gasteiger partial charge < -0.3 is 4.74 Å². The Kier molecular flexibility index (Phi) is 6.59. The highest BCUT2D eigenvalue weighted by atomic mass is 32.2. The van der Waals surface area contributed by atoms with Gasteiger partial charge in [0.1, 0.15) is 5.75 Å². The van der Waals surface area contributed by atoms with Crippen LogP contribution in [0.4, 0.5) is 18.9 Å². The number of anilines is 1. The van der Waals surface area contributed by atoms with Crippen LogP contribution in [0.3, 0.4) is 0 Å². The third kappa shape index (κ3) is 6.15. The normalized spacial score (nSPS) is 15.9. The fraction of sp³-hybridized carbons (Fsp3) is 0.571. The van der Waals surface area contributed by atoms with Crippen molar-refractivity contribution in [1.82, 2.24) is 10.2 Å². The molecule has 6 nitrogen and oxygen atoms in total. The van der Waals surface area contributed by atoms with Gasteiger partial charge in [0, 0.05) is 22.7 Å². The van der Waals surface area contributed by atoms with Gasteiger partial charge in [0.2, 0.25) is 10.0 Å². The molecule has 31 heavy (non-hydrogen) atoms. The van der Waals surface area contributed by atoms with Crippen LogP contribution >= 0.6 is 0 Å². The van der Waals surface area contributed by atoms with Crippen molar-refractivity contribution in [2.24, 2.45) is 0 Å². The zero-order valence-electron chi connectivity index (χ0n) is 17.9. The van der Waals surface area contributed by atoms with E-state index in [0.29, 0.717) is 17.0 Å². The van der Waals surface area contributed by atoms with E-state index in [-0.39, 0.29) is 18.3 Å².